The SMILES string of the molecule is CCc1cc(Sc2ncc(Cl)cc2Cl)cc(CC)c1N. The van der Waals surface area contributed by atoms with E-state index in [9.17, 15) is 0 Å². The normalized spacial score (nSPS) is 10.8. The van der Waals surface area contributed by atoms with Crippen LogP contribution >= 0.6 is 35.0 Å². The lowest BCUT2D eigenvalue weighted by Gasteiger charge is -2.12. The highest BCUT2D eigenvalue weighted by Gasteiger charge is 2.10. The van der Waals surface area contributed by atoms with Crippen LogP contribution in [0.15, 0.2) is 34.3 Å². The van der Waals surface area contributed by atoms with Gasteiger partial charge in [-0.2, -0.15) is 0 Å². The van der Waals surface area contributed by atoms with Gasteiger partial charge < -0.3 is 5.73 Å². The number of nitrogens with two attached hydrogens (primary N) is 1. The third kappa shape index (κ3) is 3.40. The van der Waals surface area contributed by atoms with Gasteiger partial charge in [0.05, 0.1) is 10.0 Å². The second-order valence-corrected chi connectivity index (χ2v) is 6.31. The van der Waals surface area contributed by atoms with E-state index in [1.54, 1.807) is 12.3 Å². The quantitative estimate of drug-likeness (QED) is 0.780. The standard InChI is InChI=1S/C15H16Cl2N2S/c1-3-9-5-12(6-10(4-2)14(9)18)20-15-13(17)7-11(16)8-19-15/h5-8H,3-4,18H2,1-2H3. The smallest absolute Gasteiger partial charge is 0.119 e. The summed E-state index contributed by atoms with van der Waals surface area (Å²) in [5.74, 6) is 0. The van der Waals surface area contributed by atoms with Crippen molar-refractivity contribution in [2.75, 3.05) is 5.73 Å². The minimum Gasteiger partial charge on any atom is -0.398 e. The van der Waals surface area contributed by atoms with E-state index in [0.29, 0.717) is 10.0 Å². The summed E-state index contributed by atoms with van der Waals surface area (Å²) >= 11 is 13.6. The number of rotatable bonds is 4. The third-order valence-corrected chi connectivity index (χ3v) is 4.67. The minimum atomic E-state index is 0.542. The first-order valence-corrected chi connectivity index (χ1v) is 8.02. The van der Waals surface area contributed by atoms with E-state index in [1.165, 1.54) is 11.8 Å². The molecular formula is C15H16Cl2N2S. The van der Waals surface area contributed by atoms with Gasteiger partial charge in [0.2, 0.25) is 0 Å². The molecule has 0 aliphatic heterocycles. The Kier molecular flexibility index (Phi) is 5.19. The van der Waals surface area contributed by atoms with E-state index in [2.05, 4.69) is 31.0 Å². The maximum absolute atomic E-state index is 6.17. The van der Waals surface area contributed by atoms with Crippen LogP contribution in [-0.2, 0) is 12.8 Å². The molecule has 0 amide bonds. The van der Waals surface area contributed by atoms with Gasteiger partial charge in [0.25, 0.3) is 0 Å². The molecule has 0 aliphatic rings. The average molecular weight is 327 g/mol. The fourth-order valence-electron chi connectivity index (χ4n) is 1.98. The Labute approximate surface area is 133 Å². The number of aromatic nitrogens is 1. The highest BCUT2D eigenvalue weighted by Crippen LogP contribution is 2.35. The van der Waals surface area contributed by atoms with Gasteiger partial charge in [0.15, 0.2) is 0 Å². The van der Waals surface area contributed by atoms with Gasteiger partial charge in [0.1, 0.15) is 5.03 Å². The summed E-state index contributed by atoms with van der Waals surface area (Å²) in [5, 5.41) is 1.86. The van der Waals surface area contributed by atoms with Crippen LogP contribution in [0, 0.1) is 0 Å². The van der Waals surface area contributed by atoms with Crippen LogP contribution in [0.3, 0.4) is 0 Å². The molecule has 1 aromatic carbocycles. The molecule has 0 fully saturated rings. The van der Waals surface area contributed by atoms with Gasteiger partial charge in [-0.05, 0) is 42.2 Å². The average Bonchev–Trinajstić information content (AvgIpc) is 2.43. The Bertz CT molecular complexity index is 604. The highest BCUT2D eigenvalue weighted by atomic mass is 35.5. The van der Waals surface area contributed by atoms with Crippen molar-refractivity contribution in [3.05, 3.63) is 45.6 Å². The first-order chi connectivity index (χ1) is 9.55. The van der Waals surface area contributed by atoms with E-state index in [0.717, 1.165) is 39.6 Å². The zero-order valence-corrected chi connectivity index (χ0v) is 13.7. The van der Waals surface area contributed by atoms with Gasteiger partial charge in [-0.15, -0.1) is 0 Å². The summed E-state index contributed by atoms with van der Waals surface area (Å²) in [6.07, 6.45) is 3.43. The van der Waals surface area contributed by atoms with Crippen molar-refractivity contribution in [2.45, 2.75) is 36.6 Å². The highest BCUT2D eigenvalue weighted by molar-refractivity contribution is 7.99. The second kappa shape index (κ2) is 6.70. The number of hydrogen-bond donors (Lipinski definition) is 1. The van der Waals surface area contributed by atoms with E-state index < -0.39 is 0 Å². The predicted octanol–water partition coefficient (Wildman–Crippen LogP) is 5.25. The number of pyridine rings is 1. The molecule has 20 heavy (non-hydrogen) atoms. The fraction of sp³-hybridized carbons (Fsp3) is 0.267. The molecule has 0 bridgehead atoms. The zero-order valence-electron chi connectivity index (χ0n) is 11.4. The molecule has 2 N–H and O–H groups in total. The maximum Gasteiger partial charge on any atom is 0.119 e. The van der Waals surface area contributed by atoms with E-state index in [1.807, 2.05) is 0 Å². The van der Waals surface area contributed by atoms with Gasteiger partial charge in [-0.25, -0.2) is 4.98 Å². The molecule has 1 aromatic heterocycles. The number of benzene rings is 1. The molecule has 0 unspecified atom stereocenters. The zero-order chi connectivity index (χ0) is 14.7. The molecule has 0 aliphatic carbocycles. The molecule has 0 saturated heterocycles. The molecule has 106 valence electrons. The predicted molar refractivity (Wildman–Crippen MR) is 88.0 cm³/mol. The number of hydrogen-bond acceptors (Lipinski definition) is 3. The molecule has 0 spiro atoms. The Morgan fingerprint density at radius 1 is 1.10 bits per heavy atom. The summed E-state index contributed by atoms with van der Waals surface area (Å²) in [6, 6.07) is 5.91. The lowest BCUT2D eigenvalue weighted by atomic mass is 10.0. The van der Waals surface area contributed by atoms with Crippen LogP contribution < -0.4 is 5.73 Å². The van der Waals surface area contributed by atoms with Crippen molar-refractivity contribution in [3.8, 4) is 0 Å². The Morgan fingerprint density at radius 3 is 2.20 bits per heavy atom. The van der Waals surface area contributed by atoms with E-state index in [4.69, 9.17) is 28.9 Å². The van der Waals surface area contributed by atoms with Crippen LogP contribution in [-0.4, -0.2) is 4.98 Å². The first-order valence-electron chi connectivity index (χ1n) is 6.45. The van der Waals surface area contributed by atoms with Gasteiger partial charge in [-0.1, -0.05) is 48.8 Å². The number of halogens is 2. The number of anilines is 1. The molecule has 2 rings (SSSR count). The van der Waals surface area contributed by atoms with Crippen molar-refractivity contribution >= 4 is 40.7 Å². The number of nitrogen functional groups attached to an aromatic ring is 1. The topological polar surface area (TPSA) is 38.9 Å². The number of nitrogens with zero attached hydrogens (tertiary/aromatic N) is 1. The molecule has 2 nitrogen and oxygen atoms in total. The molecule has 0 radical (unpaired) electrons. The first kappa shape index (κ1) is 15.5. The summed E-state index contributed by atoms with van der Waals surface area (Å²) in [6.45, 7) is 4.21. The monoisotopic (exact) mass is 326 g/mol. The van der Waals surface area contributed by atoms with Crippen LogP contribution in [0.2, 0.25) is 10.0 Å². The summed E-state index contributed by atoms with van der Waals surface area (Å²) in [4.78, 5) is 5.38. The second-order valence-electron chi connectivity index (χ2n) is 4.40. The Hall–Kier alpha value is -0.900. The molecule has 2 aromatic rings. The Balaban J connectivity index is 2.38. The number of aryl methyl sites for hydroxylation is 2. The van der Waals surface area contributed by atoms with Crippen LogP contribution in [0.1, 0.15) is 25.0 Å². The lowest BCUT2D eigenvalue weighted by Crippen LogP contribution is -1.99. The van der Waals surface area contributed by atoms with Crippen LogP contribution in [0.4, 0.5) is 5.69 Å². The maximum atomic E-state index is 6.17. The summed E-state index contributed by atoms with van der Waals surface area (Å²) in [5.41, 5.74) is 9.37. The molecule has 1 heterocycles. The van der Waals surface area contributed by atoms with Crippen molar-refractivity contribution in [1.82, 2.24) is 4.98 Å². The van der Waals surface area contributed by atoms with E-state index in [-0.39, 0.29) is 0 Å². The van der Waals surface area contributed by atoms with Gasteiger partial charge in [0, 0.05) is 16.8 Å². The van der Waals surface area contributed by atoms with E-state index >= 15 is 0 Å². The van der Waals surface area contributed by atoms with Crippen molar-refractivity contribution in [2.24, 2.45) is 0 Å². The summed E-state index contributed by atoms with van der Waals surface area (Å²) in [7, 11) is 0. The van der Waals surface area contributed by atoms with Crippen molar-refractivity contribution in [3.63, 3.8) is 0 Å². The van der Waals surface area contributed by atoms with Crippen molar-refractivity contribution in [1.29, 1.82) is 0 Å². The van der Waals surface area contributed by atoms with Gasteiger partial charge in [-0.3, -0.25) is 0 Å². The summed E-state index contributed by atoms with van der Waals surface area (Å²) < 4.78 is 0. The Morgan fingerprint density at radius 2 is 1.70 bits per heavy atom. The van der Waals surface area contributed by atoms with Crippen LogP contribution in [0.25, 0.3) is 0 Å². The lowest BCUT2D eigenvalue weighted by molar-refractivity contribution is 1.07. The largest absolute Gasteiger partial charge is 0.398 e. The van der Waals surface area contributed by atoms with Crippen molar-refractivity contribution < 1.29 is 0 Å². The molecule has 0 saturated carbocycles. The van der Waals surface area contributed by atoms with Crippen LogP contribution in [0.5, 0.6) is 0 Å². The van der Waals surface area contributed by atoms with Gasteiger partial charge >= 0.3 is 0 Å². The molecular weight excluding hydrogens is 311 g/mol. The fourth-order valence-corrected chi connectivity index (χ4v) is 3.36. The third-order valence-electron chi connectivity index (χ3n) is 3.08. The molecule has 0 atom stereocenters. The minimum absolute atomic E-state index is 0.542. The molecule has 5 heteroatoms.